The Morgan fingerprint density at radius 1 is 1.33 bits per heavy atom. The molecule has 1 atom stereocenters. The van der Waals surface area contributed by atoms with Crippen LogP contribution in [-0.4, -0.2) is 23.4 Å². The maximum atomic E-state index is 12.4. The molecule has 0 fully saturated rings. The largest absolute Gasteiger partial charge is 0.361 e. The van der Waals surface area contributed by atoms with Crippen LogP contribution >= 0.6 is 11.8 Å². The lowest BCUT2D eigenvalue weighted by molar-refractivity contribution is -0.117. The van der Waals surface area contributed by atoms with Gasteiger partial charge in [0.05, 0.1) is 10.9 Å². The van der Waals surface area contributed by atoms with Crippen LogP contribution in [0.3, 0.4) is 0 Å². The van der Waals surface area contributed by atoms with E-state index in [1.165, 1.54) is 0 Å². The van der Waals surface area contributed by atoms with E-state index in [0.29, 0.717) is 0 Å². The summed E-state index contributed by atoms with van der Waals surface area (Å²) in [7, 11) is 1.81. The molecule has 112 valence electrons. The molecule has 1 aromatic heterocycles. The van der Waals surface area contributed by atoms with Crippen molar-refractivity contribution < 1.29 is 9.32 Å². The molecule has 2 aromatic rings. The van der Waals surface area contributed by atoms with Gasteiger partial charge in [-0.05, 0) is 32.9 Å². The van der Waals surface area contributed by atoms with E-state index >= 15 is 0 Å². The third-order valence-electron chi connectivity index (χ3n) is 3.48. The van der Waals surface area contributed by atoms with Crippen LogP contribution in [0.25, 0.3) is 0 Å². The van der Waals surface area contributed by atoms with Gasteiger partial charge in [-0.25, -0.2) is 0 Å². The fourth-order valence-corrected chi connectivity index (χ4v) is 3.17. The zero-order valence-electron chi connectivity index (χ0n) is 12.8. The fraction of sp³-hybridized carbons (Fsp3) is 0.375. The van der Waals surface area contributed by atoms with Gasteiger partial charge in [0, 0.05) is 24.1 Å². The van der Waals surface area contributed by atoms with Crippen LogP contribution in [0.1, 0.15) is 23.9 Å². The van der Waals surface area contributed by atoms with Crippen LogP contribution in [0.5, 0.6) is 0 Å². The standard InChI is InChI=1S/C16H20N2O2S/c1-11-15(12(2)20-17-11)10-21-13(3)16(19)18(4)14-8-6-5-7-9-14/h5-9,13H,10H2,1-4H3. The van der Waals surface area contributed by atoms with Crippen molar-refractivity contribution in [3.63, 3.8) is 0 Å². The van der Waals surface area contributed by atoms with Crippen LogP contribution < -0.4 is 4.90 Å². The van der Waals surface area contributed by atoms with Crippen LogP contribution in [0, 0.1) is 13.8 Å². The van der Waals surface area contributed by atoms with Gasteiger partial charge in [0.15, 0.2) is 0 Å². The Balaban J connectivity index is 1.97. The summed E-state index contributed by atoms with van der Waals surface area (Å²) >= 11 is 1.60. The summed E-state index contributed by atoms with van der Waals surface area (Å²) in [6.45, 7) is 5.76. The first-order chi connectivity index (χ1) is 10.0. The van der Waals surface area contributed by atoms with Gasteiger partial charge >= 0.3 is 0 Å². The number of rotatable bonds is 5. The molecule has 1 unspecified atom stereocenters. The average Bonchev–Trinajstić information content (AvgIpc) is 2.83. The number of amides is 1. The third kappa shape index (κ3) is 3.67. The molecule has 21 heavy (non-hydrogen) atoms. The SMILES string of the molecule is Cc1noc(C)c1CSC(C)C(=O)N(C)c1ccccc1. The zero-order valence-corrected chi connectivity index (χ0v) is 13.6. The predicted molar refractivity (Wildman–Crippen MR) is 86.6 cm³/mol. The van der Waals surface area contributed by atoms with Gasteiger partial charge < -0.3 is 9.42 Å². The lowest BCUT2D eigenvalue weighted by Gasteiger charge is -2.21. The number of carbonyl (C=O) groups excluding carboxylic acids is 1. The topological polar surface area (TPSA) is 46.3 Å². The molecule has 0 bridgehead atoms. The molecule has 0 spiro atoms. The molecule has 1 amide bonds. The van der Waals surface area contributed by atoms with Gasteiger partial charge in [-0.1, -0.05) is 23.4 Å². The van der Waals surface area contributed by atoms with Gasteiger partial charge in [0.2, 0.25) is 5.91 Å². The van der Waals surface area contributed by atoms with Crippen molar-refractivity contribution in [3.8, 4) is 0 Å². The summed E-state index contributed by atoms with van der Waals surface area (Å²) in [5.74, 6) is 1.66. The second-order valence-corrected chi connectivity index (χ2v) is 6.32. The Hall–Kier alpha value is -1.75. The molecule has 4 nitrogen and oxygen atoms in total. The quantitative estimate of drug-likeness (QED) is 0.847. The highest BCUT2D eigenvalue weighted by atomic mass is 32.2. The molecule has 0 N–H and O–H groups in total. The van der Waals surface area contributed by atoms with Crippen LogP contribution in [0.15, 0.2) is 34.9 Å². The van der Waals surface area contributed by atoms with E-state index in [0.717, 1.165) is 28.5 Å². The molecular weight excluding hydrogens is 284 g/mol. The Kier molecular flexibility index (Phi) is 5.07. The molecule has 0 aliphatic rings. The summed E-state index contributed by atoms with van der Waals surface area (Å²) < 4.78 is 5.15. The van der Waals surface area contributed by atoms with Crippen LogP contribution in [-0.2, 0) is 10.5 Å². The van der Waals surface area contributed by atoms with Gasteiger partial charge in [-0.3, -0.25) is 4.79 Å². The summed E-state index contributed by atoms with van der Waals surface area (Å²) in [6, 6.07) is 9.67. The maximum absolute atomic E-state index is 12.4. The number of hydrogen-bond donors (Lipinski definition) is 0. The van der Waals surface area contributed by atoms with Crippen molar-refractivity contribution in [1.29, 1.82) is 0 Å². The Labute approximate surface area is 129 Å². The molecular formula is C16H20N2O2S. The first kappa shape index (κ1) is 15.6. The number of anilines is 1. The van der Waals surface area contributed by atoms with Gasteiger partial charge in [-0.15, -0.1) is 11.8 Å². The fourth-order valence-electron chi connectivity index (χ4n) is 2.04. The summed E-state index contributed by atoms with van der Waals surface area (Å²) in [4.78, 5) is 14.1. The van der Waals surface area contributed by atoms with Gasteiger partial charge in [0.25, 0.3) is 0 Å². The summed E-state index contributed by atoms with van der Waals surface area (Å²) in [5, 5.41) is 3.82. The minimum Gasteiger partial charge on any atom is -0.361 e. The molecule has 0 saturated heterocycles. The molecule has 0 saturated carbocycles. The highest BCUT2D eigenvalue weighted by molar-refractivity contribution is 7.99. The third-order valence-corrected chi connectivity index (χ3v) is 4.64. The number of carbonyl (C=O) groups is 1. The minimum absolute atomic E-state index is 0.0953. The predicted octanol–water partition coefficient (Wildman–Crippen LogP) is 3.58. The number of para-hydroxylation sites is 1. The number of thioether (sulfide) groups is 1. The molecule has 2 rings (SSSR count). The lowest BCUT2D eigenvalue weighted by Crippen LogP contribution is -2.33. The zero-order chi connectivity index (χ0) is 15.4. The monoisotopic (exact) mass is 304 g/mol. The van der Waals surface area contributed by atoms with Crippen molar-refractivity contribution in [2.24, 2.45) is 0 Å². The second kappa shape index (κ2) is 6.80. The van der Waals surface area contributed by atoms with Crippen molar-refractivity contribution in [1.82, 2.24) is 5.16 Å². The van der Waals surface area contributed by atoms with Crippen molar-refractivity contribution in [3.05, 3.63) is 47.3 Å². The van der Waals surface area contributed by atoms with E-state index in [9.17, 15) is 4.79 Å². The first-order valence-corrected chi connectivity index (χ1v) is 7.91. The van der Waals surface area contributed by atoms with E-state index in [-0.39, 0.29) is 11.2 Å². The number of nitrogens with zero attached hydrogens (tertiary/aromatic N) is 2. The van der Waals surface area contributed by atoms with Gasteiger partial charge in [0.1, 0.15) is 5.76 Å². The van der Waals surface area contributed by atoms with Crippen molar-refractivity contribution >= 4 is 23.4 Å². The highest BCUT2D eigenvalue weighted by Crippen LogP contribution is 2.24. The number of benzene rings is 1. The Morgan fingerprint density at radius 3 is 2.57 bits per heavy atom. The molecule has 0 aliphatic carbocycles. The highest BCUT2D eigenvalue weighted by Gasteiger charge is 2.20. The number of hydrogen-bond acceptors (Lipinski definition) is 4. The first-order valence-electron chi connectivity index (χ1n) is 6.86. The molecule has 0 aliphatic heterocycles. The average molecular weight is 304 g/mol. The number of aromatic nitrogens is 1. The second-order valence-electron chi connectivity index (χ2n) is 4.99. The normalized spacial score (nSPS) is 12.2. The van der Waals surface area contributed by atoms with E-state index in [4.69, 9.17) is 4.52 Å². The minimum atomic E-state index is -0.121. The van der Waals surface area contributed by atoms with E-state index in [1.54, 1.807) is 16.7 Å². The van der Waals surface area contributed by atoms with Crippen molar-refractivity contribution in [2.75, 3.05) is 11.9 Å². The van der Waals surface area contributed by atoms with E-state index in [2.05, 4.69) is 5.16 Å². The summed E-state index contributed by atoms with van der Waals surface area (Å²) in [6.07, 6.45) is 0. The maximum Gasteiger partial charge on any atom is 0.239 e. The van der Waals surface area contributed by atoms with Crippen molar-refractivity contribution in [2.45, 2.75) is 31.8 Å². The van der Waals surface area contributed by atoms with Gasteiger partial charge in [-0.2, -0.15) is 0 Å². The van der Waals surface area contributed by atoms with Crippen LogP contribution in [0.2, 0.25) is 0 Å². The Bertz CT molecular complexity index is 590. The smallest absolute Gasteiger partial charge is 0.239 e. The molecule has 1 aromatic carbocycles. The molecule has 5 heteroatoms. The lowest BCUT2D eigenvalue weighted by atomic mass is 10.2. The summed E-state index contributed by atoms with van der Waals surface area (Å²) in [5.41, 5.74) is 2.89. The van der Waals surface area contributed by atoms with E-state index in [1.807, 2.05) is 58.2 Å². The Morgan fingerprint density at radius 2 is 2.00 bits per heavy atom. The number of aryl methyl sites for hydroxylation is 2. The van der Waals surface area contributed by atoms with Crippen LogP contribution in [0.4, 0.5) is 5.69 Å². The van der Waals surface area contributed by atoms with E-state index < -0.39 is 0 Å². The molecule has 0 radical (unpaired) electrons. The molecule has 1 heterocycles.